The Bertz CT molecular complexity index is 664. The molecule has 7 heteroatoms. The molecule has 0 unspecified atom stereocenters. The number of methoxy groups -OCH3 is 1. The van der Waals surface area contributed by atoms with Crippen LogP contribution in [-0.4, -0.2) is 48.5 Å². The summed E-state index contributed by atoms with van der Waals surface area (Å²) in [6.07, 6.45) is 5.03. The van der Waals surface area contributed by atoms with Crippen molar-refractivity contribution >= 4 is 23.6 Å². The van der Waals surface area contributed by atoms with E-state index in [0.717, 1.165) is 32.1 Å². The number of urea groups is 1. The fourth-order valence-electron chi connectivity index (χ4n) is 4.16. The van der Waals surface area contributed by atoms with Crippen LogP contribution in [0.25, 0.3) is 0 Å². The molecule has 1 saturated heterocycles. The fraction of sp³-hybridized carbons (Fsp3) is 0.526. The van der Waals surface area contributed by atoms with Crippen LogP contribution in [0.15, 0.2) is 30.3 Å². The van der Waals surface area contributed by atoms with E-state index in [1.54, 1.807) is 24.3 Å². The third-order valence-corrected chi connectivity index (χ3v) is 5.31. The fourth-order valence-corrected chi connectivity index (χ4v) is 4.16. The summed E-state index contributed by atoms with van der Waals surface area (Å²) >= 11 is 0. The quantitative estimate of drug-likeness (QED) is 0.804. The van der Waals surface area contributed by atoms with Gasteiger partial charge in [-0.05, 0) is 37.3 Å². The number of amides is 3. The summed E-state index contributed by atoms with van der Waals surface area (Å²) in [6, 6.07) is 8.14. The number of ether oxygens (including phenoxy) is 1. The first-order valence-corrected chi connectivity index (χ1v) is 9.08. The maximum Gasteiger partial charge on any atom is 0.325 e. The van der Waals surface area contributed by atoms with Gasteiger partial charge in [0.2, 0.25) is 5.91 Å². The van der Waals surface area contributed by atoms with Crippen molar-refractivity contribution in [2.45, 2.75) is 44.2 Å². The first-order valence-electron chi connectivity index (χ1n) is 9.08. The van der Waals surface area contributed by atoms with Crippen LogP contribution in [-0.2, 0) is 14.3 Å². The Hall–Kier alpha value is -2.41. The molecule has 2 aliphatic rings. The highest BCUT2D eigenvalue weighted by Gasteiger charge is 2.46. The van der Waals surface area contributed by atoms with Crippen molar-refractivity contribution in [1.29, 1.82) is 0 Å². The molecule has 7 nitrogen and oxygen atoms in total. The predicted molar refractivity (Wildman–Crippen MR) is 96.5 cm³/mol. The zero-order chi connectivity index (χ0) is 18.5. The number of imide groups is 1. The number of likely N-dealkylation sites (tertiary alicyclic amines) is 1. The largest absolute Gasteiger partial charge is 0.468 e. The van der Waals surface area contributed by atoms with Crippen LogP contribution in [0.1, 0.15) is 32.1 Å². The summed E-state index contributed by atoms with van der Waals surface area (Å²) in [5, 5.41) is 4.96. The van der Waals surface area contributed by atoms with Gasteiger partial charge in [0.15, 0.2) is 0 Å². The lowest BCUT2D eigenvalue weighted by molar-refractivity contribution is -0.146. The topological polar surface area (TPSA) is 87.7 Å². The van der Waals surface area contributed by atoms with Gasteiger partial charge in [-0.15, -0.1) is 0 Å². The smallest absolute Gasteiger partial charge is 0.325 e. The third-order valence-electron chi connectivity index (χ3n) is 5.31. The van der Waals surface area contributed by atoms with Crippen LogP contribution in [0.5, 0.6) is 0 Å². The Morgan fingerprint density at radius 2 is 1.88 bits per heavy atom. The molecule has 1 heterocycles. The van der Waals surface area contributed by atoms with Crippen LogP contribution in [0.2, 0.25) is 0 Å². The molecule has 0 spiro atoms. The highest BCUT2D eigenvalue weighted by atomic mass is 16.5. The van der Waals surface area contributed by atoms with E-state index in [4.69, 9.17) is 4.74 Å². The molecular weight excluding hydrogens is 334 g/mol. The van der Waals surface area contributed by atoms with E-state index < -0.39 is 18.0 Å². The van der Waals surface area contributed by atoms with Crippen molar-refractivity contribution in [3.05, 3.63) is 30.3 Å². The maximum atomic E-state index is 12.4. The number of carbonyl (C=O) groups excluding carboxylic acids is 3. The number of nitrogens with one attached hydrogen (secondary N) is 2. The molecule has 1 aliphatic heterocycles. The van der Waals surface area contributed by atoms with E-state index >= 15 is 0 Å². The molecule has 1 aliphatic carbocycles. The minimum absolute atomic E-state index is 0.0170. The van der Waals surface area contributed by atoms with E-state index in [9.17, 15) is 14.4 Å². The van der Waals surface area contributed by atoms with Crippen LogP contribution in [0.3, 0.4) is 0 Å². The molecule has 0 bridgehead atoms. The summed E-state index contributed by atoms with van der Waals surface area (Å²) in [5.74, 6) is -0.307. The lowest BCUT2D eigenvalue weighted by Gasteiger charge is -2.32. The highest BCUT2D eigenvalue weighted by molar-refractivity contribution is 6.01. The Morgan fingerprint density at radius 3 is 2.62 bits per heavy atom. The molecule has 3 atom stereocenters. The van der Waals surface area contributed by atoms with Gasteiger partial charge in [0.1, 0.15) is 6.04 Å². The van der Waals surface area contributed by atoms with Crippen molar-refractivity contribution in [3.63, 3.8) is 0 Å². The van der Waals surface area contributed by atoms with Gasteiger partial charge in [0.05, 0.1) is 13.7 Å². The highest BCUT2D eigenvalue weighted by Crippen LogP contribution is 2.39. The second kappa shape index (κ2) is 8.31. The number of hydrogen-bond donors (Lipinski definition) is 2. The van der Waals surface area contributed by atoms with E-state index in [0.29, 0.717) is 11.6 Å². The molecule has 0 aromatic heterocycles. The Kier molecular flexibility index (Phi) is 5.88. The van der Waals surface area contributed by atoms with E-state index in [-0.39, 0.29) is 18.6 Å². The minimum atomic E-state index is -0.574. The van der Waals surface area contributed by atoms with Crippen molar-refractivity contribution in [1.82, 2.24) is 10.2 Å². The Balaban J connectivity index is 1.60. The summed E-state index contributed by atoms with van der Waals surface area (Å²) in [7, 11) is 1.37. The number of benzene rings is 1. The van der Waals surface area contributed by atoms with Crippen molar-refractivity contribution in [2.24, 2.45) is 5.92 Å². The Labute approximate surface area is 153 Å². The van der Waals surface area contributed by atoms with Gasteiger partial charge in [-0.3, -0.25) is 19.8 Å². The van der Waals surface area contributed by atoms with Gasteiger partial charge in [0.25, 0.3) is 0 Å². The molecule has 2 N–H and O–H groups in total. The maximum absolute atomic E-state index is 12.4. The van der Waals surface area contributed by atoms with Crippen molar-refractivity contribution in [2.75, 3.05) is 19.0 Å². The minimum Gasteiger partial charge on any atom is -0.468 e. The zero-order valence-electron chi connectivity index (χ0n) is 14.9. The van der Waals surface area contributed by atoms with Gasteiger partial charge < -0.3 is 10.1 Å². The molecule has 3 rings (SSSR count). The number of para-hydroxylation sites is 1. The van der Waals surface area contributed by atoms with Gasteiger partial charge in [-0.25, -0.2) is 4.79 Å². The van der Waals surface area contributed by atoms with Gasteiger partial charge in [-0.1, -0.05) is 31.0 Å². The summed E-state index contributed by atoms with van der Waals surface area (Å²) in [6.45, 7) is 0.0170. The number of anilines is 1. The summed E-state index contributed by atoms with van der Waals surface area (Å²) in [5.41, 5.74) is 0.610. The van der Waals surface area contributed by atoms with Crippen molar-refractivity contribution < 1.29 is 19.1 Å². The molecule has 1 aromatic carbocycles. The second-order valence-electron chi connectivity index (χ2n) is 6.93. The molecule has 140 valence electrons. The number of esters is 1. The molecule has 3 amide bonds. The predicted octanol–water partition coefficient (Wildman–Crippen LogP) is 2.14. The molecule has 26 heavy (non-hydrogen) atoms. The van der Waals surface area contributed by atoms with Gasteiger partial charge >= 0.3 is 12.0 Å². The molecule has 2 fully saturated rings. The summed E-state index contributed by atoms with van der Waals surface area (Å²) < 4.78 is 4.92. The molecule has 1 saturated carbocycles. The summed E-state index contributed by atoms with van der Waals surface area (Å²) in [4.78, 5) is 38.4. The molecule has 1 aromatic rings. The van der Waals surface area contributed by atoms with Crippen LogP contribution in [0.4, 0.5) is 10.5 Å². The lowest BCUT2D eigenvalue weighted by Crippen LogP contribution is -2.49. The number of rotatable bonds is 4. The number of fused-ring (bicyclic) bond motifs is 1. The van der Waals surface area contributed by atoms with Crippen LogP contribution >= 0.6 is 0 Å². The van der Waals surface area contributed by atoms with E-state index in [1.807, 2.05) is 11.0 Å². The second-order valence-corrected chi connectivity index (χ2v) is 6.93. The third kappa shape index (κ3) is 4.22. The normalized spacial score (nSPS) is 25.2. The zero-order valence-corrected chi connectivity index (χ0v) is 14.9. The van der Waals surface area contributed by atoms with E-state index in [1.165, 1.54) is 7.11 Å². The average molecular weight is 359 g/mol. The van der Waals surface area contributed by atoms with Crippen molar-refractivity contribution in [3.8, 4) is 0 Å². The first-order chi connectivity index (χ1) is 12.6. The molecular formula is C19H25N3O4. The van der Waals surface area contributed by atoms with Crippen LogP contribution in [0, 0.1) is 5.92 Å². The average Bonchev–Trinajstić information content (AvgIpc) is 3.00. The van der Waals surface area contributed by atoms with Gasteiger partial charge in [0, 0.05) is 11.7 Å². The lowest BCUT2D eigenvalue weighted by atomic mass is 9.85. The molecule has 0 radical (unpaired) electrons. The monoisotopic (exact) mass is 359 g/mol. The van der Waals surface area contributed by atoms with E-state index in [2.05, 4.69) is 10.6 Å². The number of nitrogens with zero attached hydrogens (tertiary/aromatic N) is 1. The first kappa shape index (κ1) is 18.4. The number of carbonyl (C=O) groups is 3. The van der Waals surface area contributed by atoms with Crippen LogP contribution < -0.4 is 10.6 Å². The standard InChI is InChI=1S/C19H25N3O4/c1-26-18(24)16-11-13-7-5-6-10-15(13)22(16)12-17(23)21-19(25)20-14-8-3-2-4-9-14/h2-4,8-9,13,15-16H,5-7,10-12H2,1H3,(H2,20,21,23,25)/t13-,15-,16-/m0/s1. The van der Waals surface area contributed by atoms with Gasteiger partial charge in [-0.2, -0.15) is 0 Å². The SMILES string of the molecule is COC(=O)[C@@H]1C[C@@H]2CCCC[C@@H]2N1CC(=O)NC(=O)Nc1ccccc1. The number of hydrogen-bond acceptors (Lipinski definition) is 5. The Morgan fingerprint density at radius 1 is 1.15 bits per heavy atom.